The lowest BCUT2D eigenvalue weighted by molar-refractivity contribution is 0.601. The molecule has 1 aromatic carbocycles. The van der Waals surface area contributed by atoms with Gasteiger partial charge in [0.25, 0.3) is 0 Å². The summed E-state index contributed by atoms with van der Waals surface area (Å²) >= 11 is 0. The third-order valence-electron chi connectivity index (χ3n) is 2.60. The van der Waals surface area contributed by atoms with E-state index in [0.717, 1.165) is 0 Å². The van der Waals surface area contributed by atoms with Crippen LogP contribution in [0.3, 0.4) is 0 Å². The van der Waals surface area contributed by atoms with Crippen molar-refractivity contribution in [1.82, 2.24) is 0 Å². The molecule has 0 nitrogen and oxygen atoms in total. The molecule has 0 saturated heterocycles. The van der Waals surface area contributed by atoms with Crippen LogP contribution in [0.15, 0.2) is 49.1 Å². The molecule has 0 heterocycles. The van der Waals surface area contributed by atoms with Crippen molar-refractivity contribution in [3.63, 3.8) is 0 Å². The summed E-state index contributed by atoms with van der Waals surface area (Å²) in [5.41, 5.74) is 2.64. The largest absolute Gasteiger partial charge is 0.0999 e. The lowest BCUT2D eigenvalue weighted by Crippen LogP contribution is -1.90. The Morgan fingerprint density at radius 3 is 1.87 bits per heavy atom. The number of allylic oxidation sites excluding steroid dienone is 1. The highest BCUT2D eigenvalue weighted by Gasteiger charge is 2.00. The summed E-state index contributed by atoms with van der Waals surface area (Å²) in [7, 11) is 0. The van der Waals surface area contributed by atoms with Gasteiger partial charge in [0.15, 0.2) is 0 Å². The fourth-order valence-electron chi connectivity index (χ4n) is 1.64. The maximum absolute atomic E-state index is 3.91. The zero-order chi connectivity index (χ0) is 10.9. The summed E-state index contributed by atoms with van der Waals surface area (Å²) in [5, 5.41) is 0. The lowest BCUT2D eigenvalue weighted by atomic mass is 9.97. The van der Waals surface area contributed by atoms with Crippen LogP contribution in [0.2, 0.25) is 0 Å². The van der Waals surface area contributed by atoms with Gasteiger partial charge >= 0.3 is 0 Å². The topological polar surface area (TPSA) is 0 Å². The molecule has 1 aliphatic rings. The van der Waals surface area contributed by atoms with Gasteiger partial charge in [-0.3, -0.25) is 0 Å². The Bertz CT molecular complexity index is 287. The van der Waals surface area contributed by atoms with Crippen molar-refractivity contribution in [3.05, 3.63) is 54.6 Å². The third-order valence-corrected chi connectivity index (χ3v) is 2.60. The molecule has 2 rings (SSSR count). The van der Waals surface area contributed by atoms with E-state index >= 15 is 0 Å². The first-order chi connectivity index (χ1) is 7.33. The Hall–Kier alpha value is -1.30. The zero-order valence-corrected chi connectivity index (χ0v) is 9.41. The second kappa shape index (κ2) is 7.05. The maximum Gasteiger partial charge on any atom is -0.0263 e. The summed E-state index contributed by atoms with van der Waals surface area (Å²) in [6.45, 7) is 7.55. The van der Waals surface area contributed by atoms with Crippen LogP contribution < -0.4 is 0 Å². The van der Waals surface area contributed by atoms with E-state index in [2.05, 4.69) is 13.2 Å². The molecule has 0 spiro atoms. The Labute approximate surface area is 93.3 Å². The van der Waals surface area contributed by atoms with Gasteiger partial charge in [-0.1, -0.05) is 61.6 Å². The highest BCUT2D eigenvalue weighted by molar-refractivity contribution is 5.45. The number of rotatable bonds is 1. The van der Waals surface area contributed by atoms with Crippen molar-refractivity contribution in [1.29, 1.82) is 0 Å². The molecule has 0 bridgehead atoms. The molecular formula is C15H20. The molecule has 1 aliphatic carbocycles. The number of hydrogen-bond acceptors (Lipinski definition) is 0. The van der Waals surface area contributed by atoms with E-state index in [1.807, 2.05) is 36.4 Å². The van der Waals surface area contributed by atoms with Gasteiger partial charge < -0.3 is 0 Å². The predicted octanol–water partition coefficient (Wildman–Crippen LogP) is 4.84. The van der Waals surface area contributed by atoms with E-state index in [1.165, 1.54) is 43.2 Å². The summed E-state index contributed by atoms with van der Waals surface area (Å²) < 4.78 is 0. The van der Waals surface area contributed by atoms with Crippen LogP contribution in [-0.2, 0) is 0 Å². The summed E-state index contributed by atoms with van der Waals surface area (Å²) in [6.07, 6.45) is 8.62. The van der Waals surface area contributed by atoms with E-state index in [0.29, 0.717) is 0 Å². The summed E-state index contributed by atoms with van der Waals surface area (Å²) in [4.78, 5) is 0. The quantitative estimate of drug-likeness (QED) is 0.569. The molecule has 1 saturated carbocycles. The lowest BCUT2D eigenvalue weighted by Gasteiger charge is -2.10. The number of benzene rings is 1. The minimum absolute atomic E-state index is 1.17. The molecule has 0 unspecified atom stereocenters. The molecule has 0 aromatic heterocycles. The van der Waals surface area contributed by atoms with Gasteiger partial charge in [-0.05, 0) is 31.2 Å². The van der Waals surface area contributed by atoms with Crippen LogP contribution in [0.4, 0.5) is 0 Å². The van der Waals surface area contributed by atoms with Gasteiger partial charge in [-0.2, -0.15) is 0 Å². The van der Waals surface area contributed by atoms with Crippen LogP contribution in [0.1, 0.15) is 37.7 Å². The molecule has 0 amide bonds. The Balaban J connectivity index is 0.000000151. The Morgan fingerprint density at radius 1 is 0.933 bits per heavy atom. The van der Waals surface area contributed by atoms with Crippen LogP contribution in [0.25, 0.3) is 6.08 Å². The van der Waals surface area contributed by atoms with E-state index in [-0.39, 0.29) is 0 Å². The molecule has 1 fully saturated rings. The van der Waals surface area contributed by atoms with Crippen molar-refractivity contribution in [2.45, 2.75) is 32.1 Å². The molecule has 80 valence electrons. The van der Waals surface area contributed by atoms with E-state index < -0.39 is 0 Å². The van der Waals surface area contributed by atoms with Crippen molar-refractivity contribution in [2.24, 2.45) is 0 Å². The predicted molar refractivity (Wildman–Crippen MR) is 68.8 cm³/mol. The molecule has 1 aromatic rings. The average molecular weight is 200 g/mol. The molecule has 0 heteroatoms. The van der Waals surface area contributed by atoms with Gasteiger partial charge in [-0.15, -0.1) is 0 Å². The third kappa shape index (κ3) is 5.21. The van der Waals surface area contributed by atoms with Gasteiger partial charge in [0.2, 0.25) is 0 Å². The molecule has 15 heavy (non-hydrogen) atoms. The van der Waals surface area contributed by atoms with Crippen LogP contribution in [0, 0.1) is 0 Å². The van der Waals surface area contributed by atoms with Gasteiger partial charge in [0, 0.05) is 0 Å². The first-order valence-corrected chi connectivity index (χ1v) is 5.67. The van der Waals surface area contributed by atoms with Crippen LogP contribution >= 0.6 is 0 Å². The highest BCUT2D eigenvalue weighted by Crippen LogP contribution is 2.20. The van der Waals surface area contributed by atoms with Crippen molar-refractivity contribution in [3.8, 4) is 0 Å². The molecule has 0 N–H and O–H groups in total. The van der Waals surface area contributed by atoms with Gasteiger partial charge in [-0.25, -0.2) is 0 Å². The smallest absolute Gasteiger partial charge is 0.0263 e. The maximum atomic E-state index is 3.91. The minimum atomic E-state index is 1.17. The molecule has 0 aliphatic heterocycles. The zero-order valence-electron chi connectivity index (χ0n) is 9.41. The van der Waals surface area contributed by atoms with Gasteiger partial charge in [0.05, 0.1) is 0 Å². The number of hydrogen-bond donors (Lipinski definition) is 0. The average Bonchev–Trinajstić information content (AvgIpc) is 2.32. The summed E-state index contributed by atoms with van der Waals surface area (Å²) in [5.74, 6) is 0. The molecule has 0 radical (unpaired) electrons. The SMILES string of the molecule is C=C1CCCCC1.C=Cc1ccccc1. The first-order valence-electron chi connectivity index (χ1n) is 5.67. The van der Waals surface area contributed by atoms with E-state index in [9.17, 15) is 0 Å². The molecule has 0 atom stereocenters. The second-order valence-electron chi connectivity index (χ2n) is 3.93. The van der Waals surface area contributed by atoms with E-state index in [4.69, 9.17) is 0 Å². The minimum Gasteiger partial charge on any atom is -0.0999 e. The van der Waals surface area contributed by atoms with Crippen molar-refractivity contribution >= 4 is 6.08 Å². The standard InChI is InChI=1S/C8H8.C7H12/c1-2-8-6-4-3-5-7-8;1-7-5-3-2-4-6-7/h2-7H,1H2;1-6H2. The van der Waals surface area contributed by atoms with Gasteiger partial charge in [0.1, 0.15) is 0 Å². The van der Waals surface area contributed by atoms with Crippen molar-refractivity contribution < 1.29 is 0 Å². The fourth-order valence-corrected chi connectivity index (χ4v) is 1.64. The monoisotopic (exact) mass is 200 g/mol. The van der Waals surface area contributed by atoms with Crippen LogP contribution in [-0.4, -0.2) is 0 Å². The highest BCUT2D eigenvalue weighted by atomic mass is 14.1. The van der Waals surface area contributed by atoms with E-state index in [1.54, 1.807) is 0 Å². The normalized spacial score (nSPS) is 15.1. The summed E-state index contributed by atoms with van der Waals surface area (Å²) in [6, 6.07) is 10.0. The fraction of sp³-hybridized carbons (Fsp3) is 0.333. The Morgan fingerprint density at radius 2 is 1.53 bits per heavy atom. The van der Waals surface area contributed by atoms with Crippen LogP contribution in [0.5, 0.6) is 0 Å². The van der Waals surface area contributed by atoms with Crippen molar-refractivity contribution in [2.75, 3.05) is 0 Å². The first kappa shape index (κ1) is 11.8. The molecular weight excluding hydrogens is 180 g/mol. The Kier molecular flexibility index (Phi) is 5.54. The second-order valence-corrected chi connectivity index (χ2v) is 3.93.